The van der Waals surface area contributed by atoms with Crippen LogP contribution >= 0.6 is 23.4 Å². The average Bonchev–Trinajstić information content (AvgIpc) is 3.09. The first kappa shape index (κ1) is 20.2. The number of carbonyl (C=O) groups is 1. The van der Waals surface area contributed by atoms with Crippen LogP contribution < -0.4 is 10.1 Å². The number of ether oxygens (including phenoxy) is 1. The predicted molar refractivity (Wildman–Crippen MR) is 119 cm³/mol. The van der Waals surface area contributed by atoms with E-state index in [1.165, 1.54) is 17.8 Å². The Balaban J connectivity index is 1.43. The van der Waals surface area contributed by atoms with Crippen LogP contribution in [0.1, 0.15) is 11.1 Å². The van der Waals surface area contributed by atoms with Gasteiger partial charge in [0.2, 0.25) is 0 Å². The fourth-order valence-electron chi connectivity index (χ4n) is 2.72. The maximum Gasteiger partial charge on any atom is 0.264 e. The van der Waals surface area contributed by atoms with Gasteiger partial charge in [-0.3, -0.25) is 4.79 Å². The van der Waals surface area contributed by atoms with Gasteiger partial charge in [0.15, 0.2) is 5.17 Å². The summed E-state index contributed by atoms with van der Waals surface area (Å²) in [4.78, 5) is 16.9. The van der Waals surface area contributed by atoms with Gasteiger partial charge in [0.25, 0.3) is 5.91 Å². The monoisotopic (exact) mass is 438 g/mol. The highest BCUT2D eigenvalue weighted by Gasteiger charge is 2.24. The Labute approximate surface area is 182 Å². The zero-order valence-electron chi connectivity index (χ0n) is 15.6. The summed E-state index contributed by atoms with van der Waals surface area (Å²) in [5.74, 6) is -0.0128. The molecule has 3 aromatic rings. The largest absolute Gasteiger partial charge is 0.489 e. The summed E-state index contributed by atoms with van der Waals surface area (Å²) >= 11 is 7.31. The van der Waals surface area contributed by atoms with Crippen LogP contribution in [0.5, 0.6) is 5.75 Å². The van der Waals surface area contributed by atoms with Gasteiger partial charge in [0, 0.05) is 10.6 Å². The van der Waals surface area contributed by atoms with Gasteiger partial charge >= 0.3 is 0 Å². The number of nitrogens with zero attached hydrogens (tertiary/aromatic N) is 1. The molecule has 4 rings (SSSR count). The highest BCUT2D eigenvalue weighted by atomic mass is 35.5. The molecule has 0 unspecified atom stereocenters. The summed E-state index contributed by atoms with van der Waals surface area (Å²) < 4.78 is 19.5. The average molecular weight is 439 g/mol. The second-order valence-corrected chi connectivity index (χ2v) is 7.82. The van der Waals surface area contributed by atoms with Crippen LogP contribution in [0, 0.1) is 5.82 Å². The highest BCUT2D eigenvalue weighted by molar-refractivity contribution is 8.18. The number of para-hydroxylation sites is 1. The highest BCUT2D eigenvalue weighted by Crippen LogP contribution is 2.29. The molecule has 30 heavy (non-hydrogen) atoms. The first-order chi connectivity index (χ1) is 14.6. The van der Waals surface area contributed by atoms with Gasteiger partial charge in [-0.15, -0.1) is 0 Å². The van der Waals surface area contributed by atoms with Gasteiger partial charge in [-0.25, -0.2) is 9.38 Å². The molecule has 150 valence electrons. The first-order valence-electron chi connectivity index (χ1n) is 9.09. The van der Waals surface area contributed by atoms with Crippen LogP contribution in [0.3, 0.4) is 0 Å². The minimum Gasteiger partial charge on any atom is -0.489 e. The molecule has 0 aromatic heterocycles. The quantitative estimate of drug-likeness (QED) is 0.501. The Morgan fingerprint density at radius 3 is 2.53 bits per heavy atom. The molecular weight excluding hydrogens is 423 g/mol. The summed E-state index contributed by atoms with van der Waals surface area (Å²) in [5, 5.41) is 3.66. The number of rotatable bonds is 5. The number of benzene rings is 3. The predicted octanol–water partition coefficient (Wildman–Crippen LogP) is 5.95. The van der Waals surface area contributed by atoms with Crippen molar-refractivity contribution in [3.8, 4) is 5.75 Å². The molecule has 0 aliphatic carbocycles. The maximum atomic E-state index is 13.8. The summed E-state index contributed by atoms with van der Waals surface area (Å²) in [6.45, 7) is 0.369. The van der Waals surface area contributed by atoms with Crippen molar-refractivity contribution in [1.29, 1.82) is 0 Å². The van der Waals surface area contributed by atoms with Crippen LogP contribution in [0.2, 0.25) is 5.02 Å². The summed E-state index contributed by atoms with van der Waals surface area (Å²) in [5.41, 5.74) is 1.93. The molecule has 0 spiro atoms. The van der Waals surface area contributed by atoms with E-state index < -0.39 is 5.82 Å². The lowest BCUT2D eigenvalue weighted by Crippen LogP contribution is -2.19. The third-order valence-corrected chi connectivity index (χ3v) is 5.53. The lowest BCUT2D eigenvalue weighted by atomic mass is 10.2. The number of amidine groups is 1. The van der Waals surface area contributed by atoms with Gasteiger partial charge in [-0.2, -0.15) is 0 Å². The molecule has 0 saturated carbocycles. The number of hydrogen-bond acceptors (Lipinski definition) is 4. The molecule has 1 fully saturated rings. The number of halogens is 2. The molecule has 1 N–H and O–H groups in total. The van der Waals surface area contributed by atoms with Gasteiger partial charge in [-0.1, -0.05) is 54.1 Å². The van der Waals surface area contributed by atoms with Crippen molar-refractivity contribution in [1.82, 2.24) is 5.32 Å². The van der Waals surface area contributed by atoms with E-state index >= 15 is 0 Å². The van der Waals surface area contributed by atoms with E-state index in [1.807, 2.05) is 48.5 Å². The van der Waals surface area contributed by atoms with E-state index in [0.29, 0.717) is 27.5 Å². The molecular formula is C23H16ClFN2O2S. The summed E-state index contributed by atoms with van der Waals surface area (Å²) in [6, 6.07) is 21.0. The molecule has 0 bridgehead atoms. The first-order valence-corrected chi connectivity index (χ1v) is 10.3. The van der Waals surface area contributed by atoms with Gasteiger partial charge < -0.3 is 10.1 Å². The third kappa shape index (κ3) is 4.90. The van der Waals surface area contributed by atoms with E-state index in [4.69, 9.17) is 16.3 Å². The normalized spacial score (nSPS) is 16.1. The zero-order valence-corrected chi connectivity index (χ0v) is 17.2. The number of amides is 1. The summed E-state index contributed by atoms with van der Waals surface area (Å²) in [6.07, 6.45) is 1.75. The molecule has 4 nitrogen and oxygen atoms in total. The van der Waals surface area contributed by atoms with Crippen molar-refractivity contribution in [3.63, 3.8) is 0 Å². The molecule has 7 heteroatoms. The molecule has 0 atom stereocenters. The molecule has 0 radical (unpaired) electrons. The molecule has 1 heterocycles. The number of thioether (sulfide) groups is 1. The number of hydrogen-bond donors (Lipinski definition) is 1. The molecule has 3 aromatic carbocycles. The molecule has 1 aliphatic rings. The number of aliphatic imine (C=N–C) groups is 1. The zero-order chi connectivity index (χ0) is 20.9. The fraction of sp³-hybridized carbons (Fsp3) is 0.0435. The molecule has 1 aliphatic heterocycles. The lowest BCUT2D eigenvalue weighted by molar-refractivity contribution is -0.115. The standard InChI is InChI=1S/C23H16ClFN2O2S/c24-18-6-2-1-5-16(18)14-29-17-11-9-15(10-12-17)13-21-22(28)27-23(30-21)26-20-8-4-3-7-19(20)25/h1-13H,14H2,(H,26,27,28)/b21-13-. The van der Waals surface area contributed by atoms with E-state index in [2.05, 4.69) is 10.3 Å². The van der Waals surface area contributed by atoms with Gasteiger partial charge in [0.1, 0.15) is 23.9 Å². The SMILES string of the molecule is O=C1NC(=Nc2ccccc2F)S/C1=C\c1ccc(OCc2ccccc2Cl)cc1. The van der Waals surface area contributed by atoms with Crippen molar-refractivity contribution in [3.05, 3.63) is 99.7 Å². The Kier molecular flexibility index (Phi) is 6.16. The maximum absolute atomic E-state index is 13.8. The van der Waals surface area contributed by atoms with Crippen LogP contribution in [-0.4, -0.2) is 11.1 Å². The molecule has 1 amide bonds. The second-order valence-electron chi connectivity index (χ2n) is 6.38. The molecule has 1 saturated heterocycles. The Bertz CT molecular complexity index is 1150. The second kappa shape index (κ2) is 9.15. The van der Waals surface area contributed by atoms with Gasteiger partial charge in [0.05, 0.1) is 4.91 Å². The Morgan fingerprint density at radius 2 is 1.77 bits per heavy atom. The van der Waals surface area contributed by atoms with E-state index in [9.17, 15) is 9.18 Å². The van der Waals surface area contributed by atoms with Crippen LogP contribution in [0.25, 0.3) is 6.08 Å². The van der Waals surface area contributed by atoms with Crippen molar-refractivity contribution in [2.75, 3.05) is 0 Å². The number of nitrogens with one attached hydrogen (secondary N) is 1. The Morgan fingerprint density at radius 1 is 1.03 bits per heavy atom. The van der Waals surface area contributed by atoms with Crippen LogP contribution in [0.4, 0.5) is 10.1 Å². The van der Waals surface area contributed by atoms with Crippen LogP contribution in [-0.2, 0) is 11.4 Å². The van der Waals surface area contributed by atoms with E-state index in [-0.39, 0.29) is 11.6 Å². The smallest absolute Gasteiger partial charge is 0.264 e. The summed E-state index contributed by atoms with van der Waals surface area (Å²) in [7, 11) is 0. The van der Waals surface area contributed by atoms with Crippen molar-refractivity contribution >= 4 is 46.2 Å². The van der Waals surface area contributed by atoms with E-state index in [0.717, 1.165) is 11.1 Å². The van der Waals surface area contributed by atoms with Crippen molar-refractivity contribution in [2.24, 2.45) is 4.99 Å². The van der Waals surface area contributed by atoms with E-state index in [1.54, 1.807) is 24.3 Å². The Hall–Kier alpha value is -3.09. The lowest BCUT2D eigenvalue weighted by Gasteiger charge is -2.08. The fourth-order valence-corrected chi connectivity index (χ4v) is 3.75. The number of carbonyl (C=O) groups excluding carboxylic acids is 1. The third-order valence-electron chi connectivity index (χ3n) is 4.26. The minimum atomic E-state index is -0.440. The minimum absolute atomic E-state index is 0.182. The van der Waals surface area contributed by atoms with Gasteiger partial charge in [-0.05, 0) is 53.7 Å². The van der Waals surface area contributed by atoms with Crippen molar-refractivity contribution < 1.29 is 13.9 Å². The van der Waals surface area contributed by atoms with Crippen molar-refractivity contribution in [2.45, 2.75) is 6.61 Å². The topological polar surface area (TPSA) is 50.7 Å². The van der Waals surface area contributed by atoms with Crippen LogP contribution in [0.15, 0.2) is 82.7 Å².